The van der Waals surface area contributed by atoms with Gasteiger partial charge in [0.25, 0.3) is 0 Å². The lowest BCUT2D eigenvalue weighted by Gasteiger charge is -2.13. The Bertz CT molecular complexity index is 1160. The predicted molar refractivity (Wildman–Crippen MR) is 112 cm³/mol. The van der Waals surface area contributed by atoms with Gasteiger partial charge in [0.1, 0.15) is 17.4 Å². The molecule has 0 radical (unpaired) electrons. The smallest absolute Gasteiger partial charge is 0.309 e. The minimum absolute atomic E-state index is 0.129. The first-order chi connectivity index (χ1) is 14.1. The zero-order valence-electron chi connectivity index (χ0n) is 16.1. The van der Waals surface area contributed by atoms with E-state index < -0.39 is 0 Å². The Balaban J connectivity index is 1.69. The second kappa shape index (κ2) is 7.07. The van der Waals surface area contributed by atoms with E-state index in [9.17, 15) is 4.79 Å². The number of ether oxygens (including phenoxy) is 1. The van der Waals surface area contributed by atoms with Crippen LogP contribution in [0.4, 0.5) is 0 Å². The molecule has 0 saturated heterocycles. The number of thiophene rings is 1. The second-order valence-electron chi connectivity index (χ2n) is 7.18. The van der Waals surface area contributed by atoms with E-state index >= 15 is 0 Å². The number of nitrogens with zero attached hydrogens (tertiary/aromatic N) is 4. The van der Waals surface area contributed by atoms with E-state index in [-0.39, 0.29) is 11.9 Å². The van der Waals surface area contributed by atoms with Crippen molar-refractivity contribution >= 4 is 34.6 Å². The van der Waals surface area contributed by atoms with Gasteiger partial charge in [-0.3, -0.25) is 14.4 Å². The van der Waals surface area contributed by atoms with Crippen LogP contribution in [0.3, 0.4) is 0 Å². The molecule has 3 heterocycles. The molecule has 1 aliphatic carbocycles. The maximum atomic E-state index is 12.4. The van der Waals surface area contributed by atoms with E-state index in [1.54, 1.807) is 11.3 Å². The molecule has 8 heteroatoms. The first-order valence-corrected chi connectivity index (χ1v) is 10.8. The van der Waals surface area contributed by atoms with Crippen LogP contribution >= 0.6 is 22.9 Å². The predicted octanol–water partition coefficient (Wildman–Crippen LogP) is 3.92. The van der Waals surface area contributed by atoms with Gasteiger partial charge in [-0.1, -0.05) is 29.8 Å². The van der Waals surface area contributed by atoms with Gasteiger partial charge in [0.2, 0.25) is 0 Å². The molecular weight excluding hydrogens is 408 g/mol. The molecule has 6 nitrogen and oxygen atoms in total. The molecule has 0 N–H and O–H groups in total. The van der Waals surface area contributed by atoms with Crippen molar-refractivity contribution in [1.82, 2.24) is 14.8 Å². The van der Waals surface area contributed by atoms with E-state index in [1.807, 2.05) is 38.1 Å². The first kappa shape index (κ1) is 18.5. The van der Waals surface area contributed by atoms with Crippen LogP contribution < -0.4 is 0 Å². The van der Waals surface area contributed by atoms with Gasteiger partial charge in [-0.25, -0.2) is 0 Å². The van der Waals surface area contributed by atoms with Crippen molar-refractivity contribution in [1.29, 1.82) is 0 Å². The topological polar surface area (TPSA) is 69.4 Å². The number of esters is 1. The highest BCUT2D eigenvalue weighted by molar-refractivity contribution is 7.15. The molecule has 0 bridgehead atoms. The van der Waals surface area contributed by atoms with Gasteiger partial charge in [-0.2, -0.15) is 0 Å². The highest BCUT2D eigenvalue weighted by Gasteiger charge is 2.37. The van der Waals surface area contributed by atoms with Gasteiger partial charge in [0, 0.05) is 21.0 Å². The Morgan fingerprint density at radius 1 is 1.31 bits per heavy atom. The van der Waals surface area contributed by atoms with E-state index in [1.165, 1.54) is 10.4 Å². The molecule has 1 aliphatic heterocycles. The number of halogens is 1. The van der Waals surface area contributed by atoms with Crippen LogP contribution in [0.5, 0.6) is 0 Å². The summed E-state index contributed by atoms with van der Waals surface area (Å²) in [6.07, 6.45) is 1.35. The van der Waals surface area contributed by atoms with E-state index in [2.05, 4.69) is 14.8 Å². The van der Waals surface area contributed by atoms with Crippen LogP contribution in [0.1, 0.15) is 40.1 Å². The third-order valence-electron chi connectivity index (χ3n) is 5.41. The summed E-state index contributed by atoms with van der Waals surface area (Å²) in [4.78, 5) is 18.5. The van der Waals surface area contributed by atoms with E-state index in [0.29, 0.717) is 31.0 Å². The monoisotopic (exact) mass is 426 g/mol. The molecule has 2 aliphatic rings. The van der Waals surface area contributed by atoms with Crippen LogP contribution in [-0.2, 0) is 28.9 Å². The van der Waals surface area contributed by atoms with Gasteiger partial charge >= 0.3 is 5.97 Å². The molecule has 0 saturated carbocycles. The summed E-state index contributed by atoms with van der Waals surface area (Å²) in [5, 5.41) is 10.3. The minimum Gasteiger partial charge on any atom is -0.466 e. The summed E-state index contributed by atoms with van der Waals surface area (Å²) in [6, 6.07) is 7.75. The highest BCUT2D eigenvalue weighted by atomic mass is 35.5. The molecule has 0 fully saturated rings. The van der Waals surface area contributed by atoms with Crippen LogP contribution in [0, 0.1) is 12.8 Å². The van der Waals surface area contributed by atoms with Gasteiger partial charge in [-0.05, 0) is 38.3 Å². The number of hydrogen-bond acceptors (Lipinski definition) is 6. The summed E-state index contributed by atoms with van der Waals surface area (Å²) in [5.74, 6) is 1.38. The number of hydrogen-bond donors (Lipinski definition) is 0. The van der Waals surface area contributed by atoms with Crippen LogP contribution in [0.2, 0.25) is 5.02 Å². The normalized spacial score (nSPS) is 17.2. The molecule has 2 aromatic heterocycles. The molecular formula is C21H19ClN4O2S. The van der Waals surface area contributed by atoms with Crippen molar-refractivity contribution in [2.24, 2.45) is 10.9 Å². The average molecular weight is 427 g/mol. The number of carbonyl (C=O) groups is 1. The Kier molecular flexibility index (Phi) is 4.52. The summed E-state index contributed by atoms with van der Waals surface area (Å²) >= 11 is 8.24. The SMILES string of the molecule is CCOC(=O)C1Cc2sc3c(c2C1)C(c1ccccc1Cl)=NCc1nnc(C)n1-3. The molecule has 0 spiro atoms. The number of aliphatic imine (C=N–C) groups is 1. The Hall–Kier alpha value is -2.51. The van der Waals surface area contributed by atoms with E-state index in [0.717, 1.165) is 33.5 Å². The lowest BCUT2D eigenvalue weighted by molar-refractivity contribution is -0.147. The van der Waals surface area contributed by atoms with Crippen molar-refractivity contribution in [3.63, 3.8) is 0 Å². The molecule has 1 aromatic carbocycles. The quantitative estimate of drug-likeness (QED) is 0.595. The van der Waals surface area contributed by atoms with Gasteiger partial charge in [0.15, 0.2) is 5.82 Å². The van der Waals surface area contributed by atoms with Crippen LogP contribution in [0.15, 0.2) is 29.3 Å². The number of fused-ring (bicyclic) bond motifs is 5. The van der Waals surface area contributed by atoms with Gasteiger partial charge in [0.05, 0.1) is 18.2 Å². The molecule has 0 amide bonds. The maximum Gasteiger partial charge on any atom is 0.309 e. The first-order valence-electron chi connectivity index (χ1n) is 9.60. The van der Waals surface area contributed by atoms with Crippen molar-refractivity contribution in [2.75, 3.05) is 6.61 Å². The summed E-state index contributed by atoms with van der Waals surface area (Å²) in [5.41, 5.74) is 3.97. The van der Waals surface area contributed by atoms with Crippen molar-refractivity contribution < 1.29 is 9.53 Å². The molecule has 1 atom stereocenters. The fourth-order valence-corrected chi connectivity index (χ4v) is 5.83. The van der Waals surface area contributed by atoms with Gasteiger partial charge in [-0.15, -0.1) is 21.5 Å². The molecule has 5 rings (SSSR count). The fraction of sp³-hybridized carbons (Fsp3) is 0.333. The summed E-state index contributed by atoms with van der Waals surface area (Å²) in [6.45, 7) is 4.62. The number of carbonyl (C=O) groups excluding carboxylic acids is 1. The van der Waals surface area contributed by atoms with E-state index in [4.69, 9.17) is 21.3 Å². The highest BCUT2D eigenvalue weighted by Crippen LogP contribution is 2.43. The number of benzene rings is 1. The van der Waals surface area contributed by atoms with Crippen LogP contribution in [0.25, 0.3) is 5.00 Å². The number of aryl methyl sites for hydroxylation is 1. The molecule has 1 unspecified atom stereocenters. The minimum atomic E-state index is -0.140. The van der Waals surface area contributed by atoms with Crippen molar-refractivity contribution in [2.45, 2.75) is 33.2 Å². The largest absolute Gasteiger partial charge is 0.466 e. The Morgan fingerprint density at radius 3 is 2.93 bits per heavy atom. The summed E-state index contributed by atoms with van der Waals surface area (Å²) < 4.78 is 7.37. The molecule has 3 aromatic rings. The molecule has 29 heavy (non-hydrogen) atoms. The van der Waals surface area contributed by atoms with Crippen molar-refractivity contribution in [3.05, 3.63) is 62.5 Å². The Morgan fingerprint density at radius 2 is 2.14 bits per heavy atom. The third kappa shape index (κ3) is 2.91. The number of aromatic nitrogens is 3. The maximum absolute atomic E-state index is 12.4. The zero-order chi connectivity index (χ0) is 20.1. The zero-order valence-corrected chi connectivity index (χ0v) is 17.7. The summed E-state index contributed by atoms with van der Waals surface area (Å²) in [7, 11) is 0. The second-order valence-corrected chi connectivity index (χ2v) is 8.68. The van der Waals surface area contributed by atoms with Gasteiger partial charge < -0.3 is 4.74 Å². The average Bonchev–Trinajstić information content (AvgIpc) is 3.34. The molecule has 148 valence electrons. The lowest BCUT2D eigenvalue weighted by Crippen LogP contribution is -2.18. The lowest BCUT2D eigenvalue weighted by atomic mass is 9.97. The van der Waals surface area contributed by atoms with Crippen molar-refractivity contribution in [3.8, 4) is 5.00 Å². The standard InChI is InChI=1S/C21H19ClN4O2S/c1-3-28-21(27)12-8-14-16(9-12)29-20-18(14)19(13-6-4-5-7-15(13)22)23-10-17-25-24-11(2)26(17)20/h4-7,12H,3,8-10H2,1-2H3. The third-order valence-corrected chi connectivity index (χ3v) is 6.98. The fourth-order valence-electron chi connectivity index (χ4n) is 4.12. The van der Waals surface area contributed by atoms with Crippen LogP contribution in [-0.4, -0.2) is 33.1 Å². The Labute approximate surface area is 177 Å². The number of rotatable bonds is 3.